The van der Waals surface area contributed by atoms with Crippen molar-refractivity contribution in [2.75, 3.05) is 39.8 Å². The van der Waals surface area contributed by atoms with Gasteiger partial charge in [0.1, 0.15) is 0 Å². The zero-order valence-electron chi connectivity index (χ0n) is 17.7. The smallest absolute Gasteiger partial charge is 0.308 e. The number of hydrogen-bond acceptors (Lipinski definition) is 6. The van der Waals surface area contributed by atoms with Crippen LogP contribution >= 0.6 is 0 Å². The van der Waals surface area contributed by atoms with E-state index in [0.717, 1.165) is 0 Å². The lowest BCUT2D eigenvalue weighted by Crippen LogP contribution is -2.48. The first-order chi connectivity index (χ1) is 14.8. The van der Waals surface area contributed by atoms with Gasteiger partial charge < -0.3 is 15.0 Å². The molecule has 170 valence electrons. The van der Waals surface area contributed by atoms with Crippen molar-refractivity contribution < 1.29 is 27.5 Å². The highest BCUT2D eigenvalue weighted by Crippen LogP contribution is 2.24. The molecule has 0 radical (unpaired) electrons. The third-order valence-corrected chi connectivity index (χ3v) is 7.81. The predicted octanol–water partition coefficient (Wildman–Crippen LogP) is 0.615. The van der Waals surface area contributed by atoms with Crippen molar-refractivity contribution in [1.29, 1.82) is 0 Å². The molecule has 0 aliphatic carbocycles. The minimum atomic E-state index is -3.65. The number of nitrogens with one attached hydrogen (secondary N) is 1. The van der Waals surface area contributed by atoms with E-state index in [-0.39, 0.29) is 41.7 Å². The highest BCUT2D eigenvalue weighted by molar-refractivity contribution is 7.89. The minimum Gasteiger partial charge on any atom is -0.469 e. The van der Waals surface area contributed by atoms with Gasteiger partial charge in [-0.05, 0) is 37.8 Å². The van der Waals surface area contributed by atoms with Crippen LogP contribution in [-0.2, 0) is 29.1 Å². The normalized spacial score (nSPS) is 20.8. The third-order valence-electron chi connectivity index (χ3n) is 5.93. The number of benzene rings is 1. The molecule has 0 bridgehead atoms. The molecular formula is C21H29N3O6S. The number of sulfonamides is 1. The molecule has 0 aromatic heterocycles. The molecule has 1 aromatic rings. The fourth-order valence-corrected chi connectivity index (χ4v) is 5.61. The van der Waals surface area contributed by atoms with Crippen molar-refractivity contribution in [1.82, 2.24) is 14.5 Å². The number of amides is 2. The largest absolute Gasteiger partial charge is 0.469 e. The molecule has 10 heteroatoms. The van der Waals surface area contributed by atoms with Crippen molar-refractivity contribution in [3.8, 4) is 0 Å². The second-order valence-electron chi connectivity index (χ2n) is 7.91. The monoisotopic (exact) mass is 451 g/mol. The number of hydrogen-bond donors (Lipinski definition) is 1. The highest BCUT2D eigenvalue weighted by Gasteiger charge is 2.34. The van der Waals surface area contributed by atoms with Crippen molar-refractivity contribution in [2.45, 2.75) is 30.6 Å². The molecule has 0 saturated carbocycles. The summed E-state index contributed by atoms with van der Waals surface area (Å²) < 4.78 is 31.7. The van der Waals surface area contributed by atoms with Gasteiger partial charge >= 0.3 is 5.97 Å². The summed E-state index contributed by atoms with van der Waals surface area (Å²) in [4.78, 5) is 38.5. The van der Waals surface area contributed by atoms with E-state index >= 15 is 0 Å². The maximum absolute atomic E-state index is 12.8. The lowest BCUT2D eigenvalue weighted by molar-refractivity contribution is -0.148. The van der Waals surface area contributed by atoms with Crippen LogP contribution in [0, 0.1) is 11.8 Å². The first-order valence-corrected chi connectivity index (χ1v) is 12.0. The molecule has 0 unspecified atom stereocenters. The Morgan fingerprint density at radius 1 is 1.03 bits per heavy atom. The summed E-state index contributed by atoms with van der Waals surface area (Å²) in [5, 5.41) is 2.66. The minimum absolute atomic E-state index is 0.0990. The van der Waals surface area contributed by atoms with Crippen molar-refractivity contribution in [2.24, 2.45) is 11.8 Å². The van der Waals surface area contributed by atoms with Crippen LogP contribution in [0.2, 0.25) is 0 Å². The maximum atomic E-state index is 12.8. The average Bonchev–Trinajstić information content (AvgIpc) is 2.82. The fraction of sp³-hybridized carbons (Fsp3) is 0.571. The molecule has 9 nitrogen and oxygen atoms in total. The van der Waals surface area contributed by atoms with Crippen LogP contribution in [0.25, 0.3) is 0 Å². The lowest BCUT2D eigenvalue weighted by atomic mass is 9.97. The van der Waals surface area contributed by atoms with E-state index in [1.54, 1.807) is 35.2 Å². The van der Waals surface area contributed by atoms with Gasteiger partial charge in [0.2, 0.25) is 21.8 Å². The molecule has 2 aliphatic rings. The molecule has 1 atom stereocenters. The summed E-state index contributed by atoms with van der Waals surface area (Å²) in [5.74, 6) is -1.46. The Morgan fingerprint density at radius 2 is 1.71 bits per heavy atom. The van der Waals surface area contributed by atoms with Gasteiger partial charge in [-0.15, -0.1) is 0 Å². The van der Waals surface area contributed by atoms with Crippen LogP contribution in [0.15, 0.2) is 35.2 Å². The first-order valence-electron chi connectivity index (χ1n) is 10.5. The Labute approximate surface area is 182 Å². The number of esters is 1. The molecule has 2 aliphatic heterocycles. The maximum Gasteiger partial charge on any atom is 0.308 e. The summed E-state index contributed by atoms with van der Waals surface area (Å²) in [7, 11) is -2.30. The van der Waals surface area contributed by atoms with Gasteiger partial charge in [0.25, 0.3) is 0 Å². The summed E-state index contributed by atoms with van der Waals surface area (Å²) in [6.45, 7) is 1.22. The molecule has 2 fully saturated rings. The number of likely N-dealkylation sites (tertiary alicyclic amines) is 1. The van der Waals surface area contributed by atoms with E-state index in [0.29, 0.717) is 45.3 Å². The van der Waals surface area contributed by atoms with Gasteiger partial charge in [-0.2, -0.15) is 4.31 Å². The molecule has 2 saturated heterocycles. The molecule has 2 amide bonds. The zero-order chi connectivity index (χ0) is 22.4. The predicted molar refractivity (Wildman–Crippen MR) is 112 cm³/mol. The van der Waals surface area contributed by atoms with E-state index in [1.807, 2.05) is 0 Å². The zero-order valence-corrected chi connectivity index (χ0v) is 18.5. The molecular weight excluding hydrogens is 422 g/mol. The van der Waals surface area contributed by atoms with Gasteiger partial charge in [-0.3, -0.25) is 14.4 Å². The van der Waals surface area contributed by atoms with Crippen LogP contribution in [0.5, 0.6) is 0 Å². The van der Waals surface area contributed by atoms with Gasteiger partial charge in [0.15, 0.2) is 0 Å². The van der Waals surface area contributed by atoms with Gasteiger partial charge in [0, 0.05) is 26.2 Å². The summed E-state index contributed by atoms with van der Waals surface area (Å²) in [6, 6.07) is 8.17. The Hall–Kier alpha value is -2.46. The van der Waals surface area contributed by atoms with Gasteiger partial charge in [-0.25, -0.2) is 8.42 Å². The SMILES string of the molecule is COC(=O)C1CCN(C(=O)CNC(=O)[C@H]2CCCN(S(=O)(=O)c3ccccc3)C2)CC1. The summed E-state index contributed by atoms with van der Waals surface area (Å²) in [5.41, 5.74) is 0. The third kappa shape index (κ3) is 5.62. The summed E-state index contributed by atoms with van der Waals surface area (Å²) in [6.07, 6.45) is 2.24. The van der Waals surface area contributed by atoms with Crippen molar-refractivity contribution in [3.05, 3.63) is 30.3 Å². The Balaban J connectivity index is 1.49. The number of carbonyl (C=O) groups is 3. The lowest BCUT2D eigenvalue weighted by Gasteiger charge is -2.32. The average molecular weight is 452 g/mol. The van der Waals surface area contributed by atoms with Crippen molar-refractivity contribution in [3.63, 3.8) is 0 Å². The number of carbonyl (C=O) groups excluding carboxylic acids is 3. The molecule has 2 heterocycles. The van der Waals surface area contributed by atoms with E-state index in [2.05, 4.69) is 5.32 Å². The molecule has 3 rings (SSSR count). The van der Waals surface area contributed by atoms with Crippen molar-refractivity contribution >= 4 is 27.8 Å². The molecule has 1 N–H and O–H groups in total. The fourth-order valence-electron chi connectivity index (χ4n) is 4.07. The Kier molecular flexibility index (Phi) is 7.66. The number of ether oxygens (including phenoxy) is 1. The number of piperidine rings is 2. The van der Waals surface area contributed by atoms with E-state index in [9.17, 15) is 22.8 Å². The number of nitrogens with zero attached hydrogens (tertiary/aromatic N) is 2. The second-order valence-corrected chi connectivity index (χ2v) is 9.85. The van der Waals surface area contributed by atoms with E-state index < -0.39 is 15.9 Å². The summed E-state index contributed by atoms with van der Waals surface area (Å²) >= 11 is 0. The van der Waals surface area contributed by atoms with Gasteiger partial charge in [-0.1, -0.05) is 18.2 Å². The topological polar surface area (TPSA) is 113 Å². The van der Waals surface area contributed by atoms with Crippen LogP contribution in [0.3, 0.4) is 0 Å². The number of methoxy groups -OCH3 is 1. The van der Waals surface area contributed by atoms with E-state index in [1.165, 1.54) is 11.4 Å². The van der Waals surface area contributed by atoms with Crippen LogP contribution < -0.4 is 5.32 Å². The highest BCUT2D eigenvalue weighted by atomic mass is 32.2. The molecule has 31 heavy (non-hydrogen) atoms. The molecule has 1 aromatic carbocycles. The van der Waals surface area contributed by atoms with Crippen LogP contribution in [0.1, 0.15) is 25.7 Å². The standard InChI is InChI=1S/C21H29N3O6S/c1-30-21(27)16-9-12-23(13-10-16)19(25)14-22-20(26)17-6-5-11-24(15-17)31(28,29)18-7-3-2-4-8-18/h2-4,7-8,16-17H,5-6,9-15H2,1H3,(H,22,26)/t17-/m0/s1. The van der Waals surface area contributed by atoms with E-state index in [4.69, 9.17) is 4.74 Å². The first kappa shape index (κ1) is 23.2. The second kappa shape index (κ2) is 10.2. The Morgan fingerprint density at radius 3 is 2.35 bits per heavy atom. The number of rotatable bonds is 6. The Bertz CT molecular complexity index is 897. The van der Waals surface area contributed by atoms with Crippen LogP contribution in [-0.4, -0.2) is 75.2 Å². The molecule has 0 spiro atoms. The van der Waals surface area contributed by atoms with Crippen LogP contribution in [0.4, 0.5) is 0 Å². The quantitative estimate of drug-likeness (QED) is 0.635. The van der Waals surface area contributed by atoms with Gasteiger partial charge in [0.05, 0.1) is 30.4 Å².